The molecule has 0 aliphatic rings. The Morgan fingerprint density at radius 2 is 2.47 bits per heavy atom. The number of anilines is 1. The zero-order valence-corrected chi connectivity index (χ0v) is 10.1. The topological polar surface area (TPSA) is 68.0 Å². The second-order valence-corrected chi connectivity index (χ2v) is 3.98. The molecule has 15 heavy (non-hydrogen) atoms. The molecule has 82 valence electrons. The Balaban J connectivity index is 2.62. The fraction of sp³-hybridized carbons (Fsp3) is 0.400. The molecule has 0 saturated heterocycles. The number of amides is 1. The van der Waals surface area contributed by atoms with Crippen molar-refractivity contribution < 1.29 is 4.79 Å². The Kier molecular flexibility index (Phi) is 4.71. The number of carbonyl (C=O) groups excluding carboxylic acids is 1. The quantitative estimate of drug-likeness (QED) is 0.823. The van der Waals surface area contributed by atoms with E-state index in [0.717, 1.165) is 6.42 Å². The molecule has 1 aromatic rings. The van der Waals surface area contributed by atoms with Crippen LogP contribution in [0.2, 0.25) is 0 Å². The minimum absolute atomic E-state index is 0.175. The van der Waals surface area contributed by atoms with E-state index in [2.05, 4.69) is 26.2 Å². The Labute approximate surface area is 97.4 Å². The van der Waals surface area contributed by atoms with Crippen molar-refractivity contribution in [1.82, 2.24) is 4.98 Å². The molecule has 0 bridgehead atoms. The SMILES string of the molecule is CCC[C@H](N)C(=O)Nc1cccnc1Br. The number of aromatic nitrogens is 1. The standard InChI is InChI=1S/C10H14BrN3O/c1-2-4-7(12)10(15)14-8-5-3-6-13-9(8)11/h3,5-7H,2,4,12H2,1H3,(H,14,15)/t7-/m0/s1. The van der Waals surface area contributed by atoms with Gasteiger partial charge in [-0.1, -0.05) is 13.3 Å². The Morgan fingerprint density at radius 1 is 1.73 bits per heavy atom. The molecule has 0 radical (unpaired) electrons. The molecule has 0 saturated carbocycles. The van der Waals surface area contributed by atoms with Crippen molar-refractivity contribution in [3.05, 3.63) is 22.9 Å². The van der Waals surface area contributed by atoms with Crippen LogP contribution < -0.4 is 11.1 Å². The predicted octanol–water partition coefficient (Wildman–Crippen LogP) is 1.91. The lowest BCUT2D eigenvalue weighted by atomic mass is 10.1. The summed E-state index contributed by atoms with van der Waals surface area (Å²) in [6.45, 7) is 1.99. The van der Waals surface area contributed by atoms with Crippen LogP contribution in [-0.4, -0.2) is 16.9 Å². The summed E-state index contributed by atoms with van der Waals surface area (Å²) in [6, 6.07) is 3.07. The van der Waals surface area contributed by atoms with Crippen LogP contribution in [0.15, 0.2) is 22.9 Å². The second-order valence-electron chi connectivity index (χ2n) is 3.23. The first-order valence-corrected chi connectivity index (χ1v) is 5.61. The summed E-state index contributed by atoms with van der Waals surface area (Å²) < 4.78 is 0.613. The molecule has 1 amide bonds. The third kappa shape index (κ3) is 3.60. The summed E-state index contributed by atoms with van der Waals surface area (Å²) in [4.78, 5) is 15.6. The van der Waals surface area contributed by atoms with Gasteiger partial charge in [0.15, 0.2) is 0 Å². The first-order valence-electron chi connectivity index (χ1n) is 4.82. The van der Waals surface area contributed by atoms with E-state index in [9.17, 15) is 4.79 Å². The number of halogens is 1. The Bertz CT molecular complexity index is 343. The van der Waals surface area contributed by atoms with Crippen LogP contribution >= 0.6 is 15.9 Å². The lowest BCUT2D eigenvalue weighted by molar-refractivity contribution is -0.117. The van der Waals surface area contributed by atoms with Crippen molar-refractivity contribution in [2.45, 2.75) is 25.8 Å². The highest BCUT2D eigenvalue weighted by molar-refractivity contribution is 9.10. The first kappa shape index (κ1) is 12.1. The van der Waals surface area contributed by atoms with Crippen molar-refractivity contribution in [2.24, 2.45) is 5.73 Å². The molecular formula is C10H14BrN3O. The van der Waals surface area contributed by atoms with E-state index in [1.165, 1.54) is 0 Å². The van der Waals surface area contributed by atoms with Crippen LogP contribution in [0.4, 0.5) is 5.69 Å². The van der Waals surface area contributed by atoms with Crippen molar-refractivity contribution in [1.29, 1.82) is 0 Å². The zero-order valence-electron chi connectivity index (χ0n) is 8.53. The van der Waals surface area contributed by atoms with Crippen LogP contribution in [-0.2, 0) is 4.79 Å². The Morgan fingerprint density at radius 3 is 3.07 bits per heavy atom. The van der Waals surface area contributed by atoms with Gasteiger partial charge in [-0.3, -0.25) is 4.79 Å². The van der Waals surface area contributed by atoms with Gasteiger partial charge in [0.05, 0.1) is 11.7 Å². The molecule has 0 unspecified atom stereocenters. The van der Waals surface area contributed by atoms with Crippen LogP contribution in [0.5, 0.6) is 0 Å². The molecule has 4 nitrogen and oxygen atoms in total. The third-order valence-corrected chi connectivity index (χ3v) is 2.59. The summed E-state index contributed by atoms with van der Waals surface area (Å²) in [5.74, 6) is -0.175. The average Bonchev–Trinajstić information content (AvgIpc) is 2.21. The van der Waals surface area contributed by atoms with Gasteiger partial charge in [0.2, 0.25) is 5.91 Å². The van der Waals surface area contributed by atoms with E-state index in [0.29, 0.717) is 16.7 Å². The average molecular weight is 272 g/mol. The minimum atomic E-state index is -0.456. The maximum Gasteiger partial charge on any atom is 0.241 e. The van der Waals surface area contributed by atoms with Crippen molar-refractivity contribution >= 4 is 27.5 Å². The van der Waals surface area contributed by atoms with Gasteiger partial charge < -0.3 is 11.1 Å². The van der Waals surface area contributed by atoms with Crippen LogP contribution in [0, 0.1) is 0 Å². The predicted molar refractivity (Wildman–Crippen MR) is 63.5 cm³/mol. The van der Waals surface area contributed by atoms with Gasteiger partial charge in [-0.25, -0.2) is 4.98 Å². The molecule has 0 spiro atoms. The smallest absolute Gasteiger partial charge is 0.241 e. The number of hydrogen-bond donors (Lipinski definition) is 2. The lowest BCUT2D eigenvalue weighted by Gasteiger charge is -2.11. The highest BCUT2D eigenvalue weighted by atomic mass is 79.9. The number of carbonyl (C=O) groups is 1. The second kappa shape index (κ2) is 5.82. The van der Waals surface area contributed by atoms with E-state index < -0.39 is 6.04 Å². The summed E-state index contributed by atoms with van der Waals surface area (Å²) >= 11 is 3.25. The molecule has 0 aliphatic carbocycles. The number of rotatable bonds is 4. The van der Waals surface area contributed by atoms with Gasteiger partial charge in [0.1, 0.15) is 4.60 Å². The van der Waals surface area contributed by atoms with Crippen LogP contribution in [0.25, 0.3) is 0 Å². The van der Waals surface area contributed by atoms with E-state index in [1.54, 1.807) is 18.3 Å². The summed E-state index contributed by atoms with van der Waals surface area (Å²) in [7, 11) is 0. The van der Waals surface area contributed by atoms with Gasteiger partial charge in [-0.2, -0.15) is 0 Å². The summed E-state index contributed by atoms with van der Waals surface area (Å²) in [6.07, 6.45) is 3.22. The largest absolute Gasteiger partial charge is 0.322 e. The monoisotopic (exact) mass is 271 g/mol. The van der Waals surface area contributed by atoms with Crippen molar-refractivity contribution in [2.75, 3.05) is 5.32 Å². The fourth-order valence-corrected chi connectivity index (χ4v) is 1.50. The van der Waals surface area contributed by atoms with Gasteiger partial charge in [-0.15, -0.1) is 0 Å². The molecule has 0 fully saturated rings. The maximum atomic E-state index is 11.6. The van der Waals surface area contributed by atoms with Crippen molar-refractivity contribution in [3.8, 4) is 0 Å². The molecule has 0 aliphatic heterocycles. The zero-order chi connectivity index (χ0) is 11.3. The van der Waals surface area contributed by atoms with Crippen LogP contribution in [0.1, 0.15) is 19.8 Å². The molecule has 1 rings (SSSR count). The van der Waals surface area contributed by atoms with E-state index in [1.807, 2.05) is 6.92 Å². The number of pyridine rings is 1. The Hall–Kier alpha value is -0.940. The van der Waals surface area contributed by atoms with Crippen molar-refractivity contribution in [3.63, 3.8) is 0 Å². The van der Waals surface area contributed by atoms with E-state index in [4.69, 9.17) is 5.73 Å². The minimum Gasteiger partial charge on any atom is -0.322 e. The van der Waals surface area contributed by atoms with E-state index in [-0.39, 0.29) is 5.91 Å². The molecule has 1 atom stereocenters. The molecular weight excluding hydrogens is 258 g/mol. The third-order valence-electron chi connectivity index (χ3n) is 1.95. The molecule has 1 aromatic heterocycles. The van der Waals surface area contributed by atoms with Gasteiger partial charge in [-0.05, 0) is 34.5 Å². The molecule has 5 heteroatoms. The highest BCUT2D eigenvalue weighted by Gasteiger charge is 2.13. The summed E-state index contributed by atoms with van der Waals surface area (Å²) in [5.41, 5.74) is 6.33. The summed E-state index contributed by atoms with van der Waals surface area (Å²) in [5, 5.41) is 2.72. The van der Waals surface area contributed by atoms with E-state index >= 15 is 0 Å². The molecule has 1 heterocycles. The lowest BCUT2D eigenvalue weighted by Crippen LogP contribution is -2.35. The molecule has 0 aromatic carbocycles. The van der Waals surface area contributed by atoms with Gasteiger partial charge in [0, 0.05) is 6.20 Å². The van der Waals surface area contributed by atoms with Crippen LogP contribution in [0.3, 0.4) is 0 Å². The van der Waals surface area contributed by atoms with Gasteiger partial charge >= 0.3 is 0 Å². The number of hydrogen-bond acceptors (Lipinski definition) is 3. The number of nitrogens with one attached hydrogen (secondary N) is 1. The maximum absolute atomic E-state index is 11.6. The number of nitrogens with two attached hydrogens (primary N) is 1. The fourth-order valence-electron chi connectivity index (χ4n) is 1.15. The highest BCUT2D eigenvalue weighted by Crippen LogP contribution is 2.18. The first-order chi connectivity index (χ1) is 7.15. The van der Waals surface area contributed by atoms with Gasteiger partial charge in [0.25, 0.3) is 0 Å². The number of nitrogens with zero attached hydrogens (tertiary/aromatic N) is 1. The normalized spacial score (nSPS) is 12.2. The molecule has 3 N–H and O–H groups in total.